The average molecular weight is 418 g/mol. The topological polar surface area (TPSA) is 102 Å². The maximum absolute atomic E-state index is 13.1. The summed E-state index contributed by atoms with van der Waals surface area (Å²) in [6.45, 7) is 0. The number of thiophene rings is 1. The lowest BCUT2D eigenvalue weighted by atomic mass is 10.0. The smallest absolute Gasteiger partial charge is 0.262 e. The Hall–Kier alpha value is -3.85. The largest absolute Gasteiger partial charge is 0.339 e. The van der Waals surface area contributed by atoms with Crippen LogP contribution in [0.1, 0.15) is 15.2 Å². The fraction of sp³-hybridized carbons (Fsp3) is 0.0952. The van der Waals surface area contributed by atoms with Crippen LogP contribution < -0.4 is 10.6 Å². The first-order chi connectivity index (χ1) is 14.7. The Balaban J connectivity index is 1.53. The zero-order valence-electron chi connectivity index (χ0n) is 15.8. The molecular formula is C21H18N6O2S. The molecule has 4 aromatic rings. The highest BCUT2D eigenvalue weighted by Gasteiger charge is 2.22. The summed E-state index contributed by atoms with van der Waals surface area (Å²) in [5.74, 6) is -0.582. The normalized spacial score (nSPS) is 11.6. The van der Waals surface area contributed by atoms with Gasteiger partial charge in [0, 0.05) is 12.1 Å². The molecule has 1 atom stereocenters. The Morgan fingerprint density at radius 2 is 1.90 bits per heavy atom. The molecule has 0 aliphatic heterocycles. The van der Waals surface area contributed by atoms with E-state index >= 15 is 0 Å². The van der Waals surface area contributed by atoms with Crippen LogP contribution in [0, 0.1) is 0 Å². The molecule has 30 heavy (non-hydrogen) atoms. The molecule has 9 heteroatoms. The van der Waals surface area contributed by atoms with Gasteiger partial charge in [0.15, 0.2) is 0 Å². The fourth-order valence-electron chi connectivity index (χ4n) is 2.93. The summed E-state index contributed by atoms with van der Waals surface area (Å²) < 4.78 is 1.50. The van der Waals surface area contributed by atoms with Gasteiger partial charge in [-0.2, -0.15) is 0 Å². The predicted octanol–water partition coefficient (Wildman–Crippen LogP) is 2.70. The van der Waals surface area contributed by atoms with Crippen molar-refractivity contribution in [2.24, 2.45) is 0 Å². The van der Waals surface area contributed by atoms with Crippen LogP contribution in [0.25, 0.3) is 5.69 Å². The van der Waals surface area contributed by atoms with Gasteiger partial charge in [-0.25, -0.2) is 4.68 Å². The van der Waals surface area contributed by atoms with E-state index in [2.05, 4.69) is 26.2 Å². The third-order valence-corrected chi connectivity index (χ3v) is 5.25. The van der Waals surface area contributed by atoms with Gasteiger partial charge in [-0.05, 0) is 45.6 Å². The van der Waals surface area contributed by atoms with Gasteiger partial charge in [0.25, 0.3) is 5.91 Å². The fourth-order valence-corrected chi connectivity index (χ4v) is 3.56. The average Bonchev–Trinajstić information content (AvgIpc) is 3.48. The number of aromatic nitrogens is 4. The van der Waals surface area contributed by atoms with E-state index in [1.54, 1.807) is 30.3 Å². The number of tetrazole rings is 1. The minimum atomic E-state index is -0.737. The second kappa shape index (κ2) is 9.10. The molecule has 0 aliphatic carbocycles. The predicted molar refractivity (Wildman–Crippen MR) is 114 cm³/mol. The van der Waals surface area contributed by atoms with Crippen LogP contribution in [0.4, 0.5) is 5.69 Å². The number of amides is 2. The summed E-state index contributed by atoms with van der Waals surface area (Å²) in [5.41, 5.74) is 2.24. The van der Waals surface area contributed by atoms with Crippen LogP contribution in [-0.4, -0.2) is 38.1 Å². The van der Waals surface area contributed by atoms with E-state index in [9.17, 15) is 9.59 Å². The number of anilines is 1. The van der Waals surface area contributed by atoms with E-state index in [0.717, 1.165) is 5.56 Å². The minimum absolute atomic E-state index is 0.275. The number of nitrogens with zero attached hydrogens (tertiary/aromatic N) is 4. The number of hydrogen-bond donors (Lipinski definition) is 2. The van der Waals surface area contributed by atoms with Crippen molar-refractivity contribution >= 4 is 28.8 Å². The molecule has 0 bridgehead atoms. The van der Waals surface area contributed by atoms with Gasteiger partial charge in [-0.3, -0.25) is 9.59 Å². The lowest BCUT2D eigenvalue weighted by Crippen LogP contribution is -2.45. The quantitative estimate of drug-likeness (QED) is 0.480. The van der Waals surface area contributed by atoms with Crippen LogP contribution in [-0.2, 0) is 11.2 Å². The van der Waals surface area contributed by atoms with Crippen LogP contribution in [0.5, 0.6) is 0 Å². The number of benzene rings is 2. The van der Waals surface area contributed by atoms with E-state index in [4.69, 9.17) is 0 Å². The second-order valence-electron chi connectivity index (χ2n) is 6.49. The maximum Gasteiger partial charge on any atom is 0.262 e. The molecule has 8 nitrogen and oxygen atoms in total. The van der Waals surface area contributed by atoms with Crippen molar-refractivity contribution in [1.29, 1.82) is 0 Å². The maximum atomic E-state index is 13.1. The highest BCUT2D eigenvalue weighted by Crippen LogP contribution is 2.15. The standard InChI is InChI=1S/C21H18N6O2S/c28-20(23-16-8-4-9-17(13-16)27-14-22-25-26-27)18(12-15-6-2-1-3-7-15)24-21(29)19-10-5-11-30-19/h1-11,13-14,18H,12H2,(H,23,28)(H,24,29). The van der Waals surface area contributed by atoms with Crippen LogP contribution in [0.15, 0.2) is 78.4 Å². The Bertz CT molecular complexity index is 1110. The Morgan fingerprint density at radius 3 is 2.63 bits per heavy atom. The van der Waals surface area contributed by atoms with E-state index in [1.165, 1.54) is 22.3 Å². The zero-order chi connectivity index (χ0) is 20.8. The van der Waals surface area contributed by atoms with E-state index in [-0.39, 0.29) is 11.8 Å². The summed E-state index contributed by atoms with van der Waals surface area (Å²) in [6, 6.07) is 19.5. The van der Waals surface area contributed by atoms with Crippen LogP contribution >= 0.6 is 11.3 Å². The first-order valence-electron chi connectivity index (χ1n) is 9.21. The molecule has 2 heterocycles. The highest BCUT2D eigenvalue weighted by atomic mass is 32.1. The summed E-state index contributed by atoms with van der Waals surface area (Å²) in [7, 11) is 0. The summed E-state index contributed by atoms with van der Waals surface area (Å²) in [4.78, 5) is 26.2. The summed E-state index contributed by atoms with van der Waals surface area (Å²) >= 11 is 1.33. The van der Waals surface area contributed by atoms with Crippen molar-refractivity contribution < 1.29 is 9.59 Å². The molecule has 2 aromatic carbocycles. The number of nitrogens with one attached hydrogen (secondary N) is 2. The lowest BCUT2D eigenvalue weighted by Gasteiger charge is -2.18. The summed E-state index contributed by atoms with van der Waals surface area (Å²) in [6.07, 6.45) is 1.84. The molecule has 0 fully saturated rings. The monoisotopic (exact) mass is 418 g/mol. The van der Waals surface area contributed by atoms with Gasteiger partial charge in [-0.1, -0.05) is 42.5 Å². The van der Waals surface area contributed by atoms with Gasteiger partial charge in [-0.15, -0.1) is 16.4 Å². The van der Waals surface area contributed by atoms with Crippen molar-refractivity contribution in [1.82, 2.24) is 25.5 Å². The molecule has 2 aromatic heterocycles. The first-order valence-corrected chi connectivity index (χ1v) is 10.1. The van der Waals surface area contributed by atoms with Crippen molar-refractivity contribution in [2.75, 3.05) is 5.32 Å². The Labute approximate surface area is 176 Å². The van der Waals surface area contributed by atoms with Crippen LogP contribution in [0.2, 0.25) is 0 Å². The molecule has 0 spiro atoms. The van der Waals surface area contributed by atoms with Gasteiger partial charge >= 0.3 is 0 Å². The highest BCUT2D eigenvalue weighted by molar-refractivity contribution is 7.12. The third kappa shape index (κ3) is 4.76. The number of hydrogen-bond acceptors (Lipinski definition) is 6. The van der Waals surface area contributed by atoms with Crippen molar-refractivity contribution in [3.8, 4) is 5.69 Å². The van der Waals surface area contributed by atoms with Gasteiger partial charge in [0.2, 0.25) is 5.91 Å². The van der Waals surface area contributed by atoms with Gasteiger partial charge in [0.05, 0.1) is 10.6 Å². The van der Waals surface area contributed by atoms with Crippen molar-refractivity contribution in [3.63, 3.8) is 0 Å². The molecule has 0 radical (unpaired) electrons. The van der Waals surface area contributed by atoms with E-state index in [0.29, 0.717) is 22.7 Å². The molecule has 1 unspecified atom stereocenters. The van der Waals surface area contributed by atoms with Gasteiger partial charge in [0.1, 0.15) is 12.4 Å². The molecule has 4 rings (SSSR count). The number of rotatable bonds is 7. The third-order valence-electron chi connectivity index (χ3n) is 4.38. The van der Waals surface area contributed by atoms with E-state index < -0.39 is 6.04 Å². The number of carbonyl (C=O) groups excluding carboxylic acids is 2. The molecule has 2 N–H and O–H groups in total. The molecular weight excluding hydrogens is 400 g/mol. The summed E-state index contributed by atoms with van der Waals surface area (Å²) in [5, 5.41) is 18.7. The SMILES string of the molecule is O=C(NC(Cc1ccccc1)C(=O)Nc1cccc(-n2cnnn2)c1)c1cccs1. The first kappa shape index (κ1) is 19.5. The van der Waals surface area contributed by atoms with E-state index in [1.807, 2.05) is 41.8 Å². The lowest BCUT2D eigenvalue weighted by molar-refractivity contribution is -0.118. The number of carbonyl (C=O) groups is 2. The molecule has 0 saturated heterocycles. The van der Waals surface area contributed by atoms with Crippen molar-refractivity contribution in [2.45, 2.75) is 12.5 Å². The molecule has 150 valence electrons. The van der Waals surface area contributed by atoms with Crippen molar-refractivity contribution in [3.05, 3.63) is 88.9 Å². The Morgan fingerprint density at radius 1 is 1.03 bits per heavy atom. The molecule has 0 aliphatic rings. The zero-order valence-corrected chi connectivity index (χ0v) is 16.6. The molecule has 2 amide bonds. The van der Waals surface area contributed by atoms with Crippen LogP contribution in [0.3, 0.4) is 0 Å². The molecule has 0 saturated carbocycles. The van der Waals surface area contributed by atoms with Gasteiger partial charge < -0.3 is 10.6 Å². The second-order valence-corrected chi connectivity index (χ2v) is 7.43. The Kier molecular flexibility index (Phi) is 5.90. The minimum Gasteiger partial charge on any atom is -0.339 e.